The summed E-state index contributed by atoms with van der Waals surface area (Å²) in [5, 5.41) is 21.1. The fraction of sp³-hybridized carbons (Fsp3) is 0.400. The van der Waals surface area contributed by atoms with Crippen molar-refractivity contribution in [1.82, 2.24) is 0 Å². The van der Waals surface area contributed by atoms with E-state index in [0.29, 0.717) is 11.5 Å². The van der Waals surface area contributed by atoms with E-state index >= 15 is 0 Å². The molecule has 0 heterocycles. The van der Waals surface area contributed by atoms with Crippen molar-refractivity contribution >= 4 is 21.6 Å². The van der Waals surface area contributed by atoms with Crippen molar-refractivity contribution in [3.63, 3.8) is 0 Å². The highest BCUT2D eigenvalue weighted by Gasteiger charge is 2.16. The van der Waals surface area contributed by atoms with E-state index in [9.17, 15) is 10.2 Å². The molecular weight excluding hydrogens is 336 g/mol. The number of benzene rings is 2. The van der Waals surface area contributed by atoms with Crippen molar-refractivity contribution in [3.8, 4) is 11.5 Å². The van der Waals surface area contributed by atoms with Gasteiger partial charge in [0.2, 0.25) is 0 Å². The Hall–Kier alpha value is -1.26. The molecule has 0 bridgehead atoms. The summed E-state index contributed by atoms with van der Waals surface area (Å²) in [6.07, 6.45) is 0. The smallest absolute Gasteiger partial charge is 0.133 e. The van der Waals surface area contributed by atoms with Crippen LogP contribution < -0.4 is 0 Å². The number of phenols is 2. The molecule has 0 unspecified atom stereocenters. The maximum atomic E-state index is 10.5. The van der Waals surface area contributed by atoms with Crippen LogP contribution in [0.15, 0.2) is 34.1 Å². The lowest BCUT2D eigenvalue weighted by molar-refractivity contribution is 0.451. The van der Waals surface area contributed by atoms with Gasteiger partial charge in [-0.3, -0.25) is 0 Å². The van der Waals surface area contributed by atoms with Crippen LogP contribution in [0.2, 0.25) is 0 Å². The zero-order valence-electron chi connectivity index (χ0n) is 15.2. The van der Waals surface area contributed by atoms with Crippen LogP contribution in [0.4, 0.5) is 0 Å². The molecule has 2 nitrogen and oxygen atoms in total. The van der Waals surface area contributed by atoms with E-state index in [1.54, 1.807) is 0 Å². The van der Waals surface area contributed by atoms with Crippen LogP contribution in [-0.4, -0.2) is 10.2 Å². The fourth-order valence-electron chi connectivity index (χ4n) is 2.64. The SMILES string of the molecule is Cc1cc(SSc2cc(C)cc(C(C)C)c2O)c(O)c(C(C)C)c1. The standard InChI is InChI=1S/C20H26O2S2/c1-11(2)15-7-13(5)9-17(19(15)21)23-24-18-10-14(6)8-16(12(3)4)20(18)22/h7-12,21-22H,1-6H3. The van der Waals surface area contributed by atoms with Crippen molar-refractivity contribution in [2.45, 2.75) is 63.2 Å². The minimum absolute atomic E-state index is 0.272. The minimum atomic E-state index is 0.272. The summed E-state index contributed by atoms with van der Waals surface area (Å²) in [7, 11) is 2.99. The number of phenolic OH excluding ortho intramolecular Hbond substituents is 2. The van der Waals surface area contributed by atoms with Crippen LogP contribution in [0.25, 0.3) is 0 Å². The monoisotopic (exact) mass is 362 g/mol. The Balaban J connectivity index is 2.32. The van der Waals surface area contributed by atoms with Crippen LogP contribution in [-0.2, 0) is 0 Å². The Morgan fingerprint density at radius 3 is 1.29 bits per heavy atom. The third kappa shape index (κ3) is 4.22. The molecule has 0 spiro atoms. The third-order valence-corrected chi connectivity index (χ3v) is 6.35. The highest BCUT2D eigenvalue weighted by Crippen LogP contribution is 2.48. The van der Waals surface area contributed by atoms with E-state index in [4.69, 9.17) is 0 Å². The largest absolute Gasteiger partial charge is 0.506 e. The summed E-state index contributed by atoms with van der Waals surface area (Å²) in [5.74, 6) is 1.25. The molecule has 2 rings (SSSR count). The lowest BCUT2D eigenvalue weighted by atomic mass is 10.00. The van der Waals surface area contributed by atoms with Crippen LogP contribution in [0, 0.1) is 13.8 Å². The molecule has 0 fully saturated rings. The zero-order valence-corrected chi connectivity index (χ0v) is 16.8. The number of aromatic hydroxyl groups is 2. The molecule has 0 radical (unpaired) electrons. The summed E-state index contributed by atoms with van der Waals surface area (Å²) in [5.41, 5.74) is 4.20. The number of rotatable bonds is 5. The second-order valence-electron chi connectivity index (χ2n) is 6.88. The van der Waals surface area contributed by atoms with Gasteiger partial charge in [-0.1, -0.05) is 39.8 Å². The fourth-order valence-corrected chi connectivity index (χ4v) is 4.98. The molecule has 0 atom stereocenters. The van der Waals surface area contributed by atoms with Gasteiger partial charge >= 0.3 is 0 Å². The first-order valence-electron chi connectivity index (χ1n) is 8.22. The summed E-state index contributed by atoms with van der Waals surface area (Å²) in [6.45, 7) is 12.4. The van der Waals surface area contributed by atoms with Gasteiger partial charge in [-0.2, -0.15) is 0 Å². The summed E-state index contributed by atoms with van der Waals surface area (Å²) < 4.78 is 0. The second-order valence-corrected chi connectivity index (χ2v) is 9.09. The maximum absolute atomic E-state index is 10.5. The van der Waals surface area contributed by atoms with Crippen LogP contribution >= 0.6 is 21.6 Å². The lowest BCUT2D eigenvalue weighted by Gasteiger charge is -2.15. The van der Waals surface area contributed by atoms with Crippen LogP contribution in [0.1, 0.15) is 61.8 Å². The van der Waals surface area contributed by atoms with Gasteiger partial charge in [0.25, 0.3) is 0 Å². The Bertz CT molecular complexity index is 673. The number of hydrogen-bond acceptors (Lipinski definition) is 4. The normalized spacial score (nSPS) is 11.5. The highest BCUT2D eigenvalue weighted by atomic mass is 33.1. The Morgan fingerprint density at radius 1 is 0.667 bits per heavy atom. The van der Waals surface area contributed by atoms with Gasteiger partial charge in [0.1, 0.15) is 11.5 Å². The molecule has 2 N–H and O–H groups in total. The van der Waals surface area contributed by atoms with Gasteiger partial charge in [0, 0.05) is 0 Å². The summed E-state index contributed by atoms with van der Waals surface area (Å²) in [6, 6.07) is 8.07. The third-order valence-electron chi connectivity index (χ3n) is 3.96. The molecule has 0 amide bonds. The molecule has 2 aromatic carbocycles. The van der Waals surface area contributed by atoms with E-state index in [1.165, 1.54) is 21.6 Å². The van der Waals surface area contributed by atoms with Gasteiger partial charge in [-0.15, -0.1) is 0 Å². The highest BCUT2D eigenvalue weighted by molar-refractivity contribution is 8.76. The van der Waals surface area contributed by atoms with Gasteiger partial charge < -0.3 is 10.2 Å². The van der Waals surface area contributed by atoms with Crippen LogP contribution in [0.3, 0.4) is 0 Å². The molecule has 0 aromatic heterocycles. The van der Waals surface area contributed by atoms with Crippen molar-refractivity contribution in [3.05, 3.63) is 46.5 Å². The molecule has 0 aliphatic carbocycles. The number of hydrogen-bond donors (Lipinski definition) is 2. The second kappa shape index (κ2) is 7.75. The first-order valence-corrected chi connectivity index (χ1v) is 10.4. The molecule has 0 aliphatic rings. The predicted molar refractivity (Wildman–Crippen MR) is 106 cm³/mol. The topological polar surface area (TPSA) is 40.5 Å². The first-order chi connectivity index (χ1) is 11.2. The van der Waals surface area contributed by atoms with Crippen molar-refractivity contribution in [2.24, 2.45) is 0 Å². The van der Waals surface area contributed by atoms with Gasteiger partial charge in [-0.25, -0.2) is 0 Å². The van der Waals surface area contributed by atoms with Crippen molar-refractivity contribution in [1.29, 1.82) is 0 Å². The zero-order chi connectivity index (χ0) is 18.0. The maximum Gasteiger partial charge on any atom is 0.133 e. The molecule has 24 heavy (non-hydrogen) atoms. The van der Waals surface area contributed by atoms with E-state index in [0.717, 1.165) is 32.0 Å². The van der Waals surface area contributed by atoms with Gasteiger partial charge in [0.05, 0.1) is 9.79 Å². The van der Waals surface area contributed by atoms with Crippen molar-refractivity contribution < 1.29 is 10.2 Å². The summed E-state index contributed by atoms with van der Waals surface area (Å²) >= 11 is 0. The lowest BCUT2D eigenvalue weighted by Crippen LogP contribution is -1.92. The van der Waals surface area contributed by atoms with Gasteiger partial charge in [-0.05, 0) is 81.7 Å². The molecule has 4 heteroatoms. The van der Waals surface area contributed by atoms with E-state index in [1.807, 2.05) is 38.1 Å². The molecule has 0 saturated carbocycles. The van der Waals surface area contributed by atoms with Gasteiger partial charge in [0.15, 0.2) is 0 Å². The Labute approximate surface area is 153 Å². The number of aryl methyl sites for hydroxylation is 2. The Morgan fingerprint density at radius 2 is 1.00 bits per heavy atom. The quantitative estimate of drug-likeness (QED) is 0.576. The van der Waals surface area contributed by atoms with E-state index in [-0.39, 0.29) is 11.8 Å². The average Bonchev–Trinajstić information content (AvgIpc) is 2.49. The Kier molecular flexibility index (Phi) is 6.16. The first kappa shape index (κ1) is 19.1. The molecule has 0 aliphatic heterocycles. The predicted octanol–water partition coefficient (Wildman–Crippen LogP) is 6.76. The van der Waals surface area contributed by atoms with Crippen molar-refractivity contribution in [2.75, 3.05) is 0 Å². The molecule has 2 aromatic rings. The molecular formula is C20H26O2S2. The minimum Gasteiger partial charge on any atom is -0.506 e. The van der Waals surface area contributed by atoms with E-state index in [2.05, 4.69) is 27.7 Å². The summed E-state index contributed by atoms with van der Waals surface area (Å²) in [4.78, 5) is 1.69. The van der Waals surface area contributed by atoms with E-state index < -0.39 is 0 Å². The molecule has 130 valence electrons. The van der Waals surface area contributed by atoms with Crippen LogP contribution in [0.5, 0.6) is 11.5 Å². The molecule has 0 saturated heterocycles. The average molecular weight is 363 g/mol.